The molecule has 0 radical (unpaired) electrons. The van der Waals surface area contributed by atoms with Gasteiger partial charge < -0.3 is 15.5 Å². The topological polar surface area (TPSA) is 53.1 Å². The predicted octanol–water partition coefficient (Wildman–Crippen LogP) is 3.18. The summed E-state index contributed by atoms with van der Waals surface area (Å²) in [7, 11) is 0. The summed E-state index contributed by atoms with van der Waals surface area (Å²) in [6.45, 7) is 16.0. The average molecular weight is 293 g/mol. The fourth-order valence-corrected chi connectivity index (χ4v) is 2.47. The van der Waals surface area contributed by atoms with Crippen LogP contribution >= 0.6 is 0 Å². The highest BCUT2D eigenvalue weighted by molar-refractivity contribution is 5.58. The maximum absolute atomic E-state index is 4.43. The van der Waals surface area contributed by atoms with Crippen LogP contribution < -0.4 is 10.6 Å². The highest BCUT2D eigenvalue weighted by Crippen LogP contribution is 2.27. The maximum Gasteiger partial charge on any atom is 0.135 e. The molecule has 2 N–H and O–H groups in total. The quantitative estimate of drug-likeness (QED) is 0.694. The van der Waals surface area contributed by atoms with Crippen LogP contribution in [0.25, 0.3) is 0 Å². The molecule has 0 unspecified atom stereocenters. The molecule has 0 fully saturated rings. The van der Waals surface area contributed by atoms with Gasteiger partial charge in [-0.3, -0.25) is 0 Å². The number of hydrogen-bond donors (Lipinski definition) is 2. The zero-order chi connectivity index (χ0) is 15.7. The Balaban J connectivity index is 2.71. The van der Waals surface area contributed by atoms with Crippen molar-refractivity contribution in [3.63, 3.8) is 0 Å². The van der Waals surface area contributed by atoms with Crippen LogP contribution in [0.2, 0.25) is 0 Å². The van der Waals surface area contributed by atoms with E-state index in [0.29, 0.717) is 5.92 Å². The lowest BCUT2D eigenvalue weighted by atomic mass is 10.0. The molecule has 0 atom stereocenters. The van der Waals surface area contributed by atoms with Gasteiger partial charge in [0.25, 0.3) is 0 Å². The highest BCUT2D eigenvalue weighted by Gasteiger charge is 2.14. The molecule has 0 aliphatic carbocycles. The standard InChI is InChI=1S/C16H31N5/c1-6-10-21(8-3)11-9-18-16-14(13(4)5)15(17-7-2)19-12-20-16/h12-13H,6-11H2,1-5H3,(H2,17,18,19,20). The Morgan fingerprint density at radius 2 is 1.71 bits per heavy atom. The Morgan fingerprint density at radius 3 is 2.24 bits per heavy atom. The van der Waals surface area contributed by atoms with E-state index in [0.717, 1.165) is 44.4 Å². The van der Waals surface area contributed by atoms with Crippen LogP contribution in [0.1, 0.15) is 52.5 Å². The van der Waals surface area contributed by atoms with Gasteiger partial charge in [0, 0.05) is 25.2 Å². The van der Waals surface area contributed by atoms with Crippen molar-refractivity contribution in [2.75, 3.05) is 43.4 Å². The van der Waals surface area contributed by atoms with Gasteiger partial charge in [0.1, 0.15) is 18.0 Å². The van der Waals surface area contributed by atoms with Crippen molar-refractivity contribution >= 4 is 11.6 Å². The number of nitrogens with zero attached hydrogens (tertiary/aromatic N) is 3. The molecule has 5 heteroatoms. The summed E-state index contributed by atoms with van der Waals surface area (Å²) in [6, 6.07) is 0. The Hall–Kier alpha value is -1.36. The van der Waals surface area contributed by atoms with E-state index in [1.54, 1.807) is 6.33 Å². The number of nitrogens with one attached hydrogen (secondary N) is 2. The molecule has 0 spiro atoms. The molecule has 120 valence electrons. The van der Waals surface area contributed by atoms with Gasteiger partial charge in [-0.25, -0.2) is 9.97 Å². The Kier molecular flexibility index (Phi) is 8.05. The van der Waals surface area contributed by atoms with Crippen molar-refractivity contribution in [3.05, 3.63) is 11.9 Å². The van der Waals surface area contributed by atoms with Gasteiger partial charge in [-0.15, -0.1) is 0 Å². The van der Waals surface area contributed by atoms with Gasteiger partial charge in [-0.05, 0) is 32.4 Å². The minimum absolute atomic E-state index is 0.390. The van der Waals surface area contributed by atoms with Gasteiger partial charge >= 0.3 is 0 Å². The molecule has 0 bridgehead atoms. The first-order valence-electron chi connectivity index (χ1n) is 8.18. The van der Waals surface area contributed by atoms with E-state index in [-0.39, 0.29) is 0 Å². The molecule has 0 aliphatic rings. The second-order valence-corrected chi connectivity index (χ2v) is 5.53. The third-order valence-electron chi connectivity index (χ3n) is 3.51. The van der Waals surface area contributed by atoms with E-state index < -0.39 is 0 Å². The molecule has 0 amide bonds. The van der Waals surface area contributed by atoms with E-state index in [4.69, 9.17) is 0 Å². The molecule has 0 aliphatic heterocycles. The fraction of sp³-hybridized carbons (Fsp3) is 0.750. The first-order chi connectivity index (χ1) is 10.1. The van der Waals surface area contributed by atoms with Crippen LogP contribution in [0.15, 0.2) is 6.33 Å². The highest BCUT2D eigenvalue weighted by atomic mass is 15.1. The zero-order valence-corrected chi connectivity index (χ0v) is 14.2. The summed E-state index contributed by atoms with van der Waals surface area (Å²) in [5.41, 5.74) is 1.18. The molecule has 0 saturated carbocycles. The molecule has 21 heavy (non-hydrogen) atoms. The normalized spacial score (nSPS) is 11.2. The molecule has 0 aromatic carbocycles. The van der Waals surface area contributed by atoms with E-state index in [1.807, 2.05) is 0 Å². The lowest BCUT2D eigenvalue weighted by Crippen LogP contribution is -2.30. The minimum atomic E-state index is 0.390. The van der Waals surface area contributed by atoms with Crippen LogP contribution in [-0.4, -0.2) is 47.6 Å². The Bertz CT molecular complexity index is 406. The molecule has 1 heterocycles. The van der Waals surface area contributed by atoms with Gasteiger partial charge in [0.05, 0.1) is 0 Å². The minimum Gasteiger partial charge on any atom is -0.370 e. The SMILES string of the molecule is CCCN(CC)CCNc1ncnc(NCC)c1C(C)C. The average Bonchev–Trinajstić information content (AvgIpc) is 2.46. The molecular weight excluding hydrogens is 262 g/mol. The van der Waals surface area contributed by atoms with Crippen LogP contribution in [0.4, 0.5) is 11.6 Å². The zero-order valence-electron chi connectivity index (χ0n) is 14.2. The van der Waals surface area contributed by atoms with Crippen LogP contribution in [0.3, 0.4) is 0 Å². The lowest BCUT2D eigenvalue weighted by Gasteiger charge is -2.21. The largest absolute Gasteiger partial charge is 0.370 e. The smallest absolute Gasteiger partial charge is 0.135 e. The van der Waals surface area contributed by atoms with E-state index in [1.165, 1.54) is 12.0 Å². The first-order valence-corrected chi connectivity index (χ1v) is 8.18. The van der Waals surface area contributed by atoms with Crippen molar-refractivity contribution in [1.29, 1.82) is 0 Å². The van der Waals surface area contributed by atoms with Crippen molar-refractivity contribution in [2.24, 2.45) is 0 Å². The van der Waals surface area contributed by atoms with Crippen LogP contribution in [0, 0.1) is 0 Å². The first kappa shape index (κ1) is 17.7. The summed E-state index contributed by atoms with van der Waals surface area (Å²) in [6.07, 6.45) is 2.83. The van der Waals surface area contributed by atoms with Crippen LogP contribution in [0.5, 0.6) is 0 Å². The number of anilines is 2. The third-order valence-corrected chi connectivity index (χ3v) is 3.51. The molecule has 1 rings (SSSR count). The molecule has 1 aromatic rings. The van der Waals surface area contributed by atoms with Gasteiger partial charge in [-0.1, -0.05) is 27.7 Å². The summed E-state index contributed by atoms with van der Waals surface area (Å²) < 4.78 is 0. The van der Waals surface area contributed by atoms with Crippen molar-refractivity contribution < 1.29 is 0 Å². The number of likely N-dealkylation sites (N-methyl/N-ethyl adjacent to an activating group) is 1. The number of rotatable bonds is 10. The Labute approximate surface area is 129 Å². The van der Waals surface area contributed by atoms with E-state index in [9.17, 15) is 0 Å². The summed E-state index contributed by atoms with van der Waals surface area (Å²) in [5.74, 6) is 2.30. The maximum atomic E-state index is 4.43. The van der Waals surface area contributed by atoms with E-state index >= 15 is 0 Å². The second kappa shape index (κ2) is 9.55. The molecule has 0 saturated heterocycles. The monoisotopic (exact) mass is 293 g/mol. The van der Waals surface area contributed by atoms with Crippen molar-refractivity contribution in [3.8, 4) is 0 Å². The molecular formula is C16H31N5. The van der Waals surface area contributed by atoms with Gasteiger partial charge in [0.15, 0.2) is 0 Å². The summed E-state index contributed by atoms with van der Waals surface area (Å²) in [4.78, 5) is 11.3. The van der Waals surface area contributed by atoms with Gasteiger partial charge in [-0.2, -0.15) is 0 Å². The van der Waals surface area contributed by atoms with E-state index in [2.05, 4.69) is 60.1 Å². The predicted molar refractivity (Wildman–Crippen MR) is 91.2 cm³/mol. The second-order valence-electron chi connectivity index (χ2n) is 5.53. The lowest BCUT2D eigenvalue weighted by molar-refractivity contribution is 0.300. The molecule has 5 nitrogen and oxygen atoms in total. The number of hydrogen-bond acceptors (Lipinski definition) is 5. The van der Waals surface area contributed by atoms with Crippen molar-refractivity contribution in [2.45, 2.75) is 47.0 Å². The molecule has 1 aromatic heterocycles. The van der Waals surface area contributed by atoms with Crippen LogP contribution in [-0.2, 0) is 0 Å². The fourth-order valence-electron chi connectivity index (χ4n) is 2.47. The van der Waals surface area contributed by atoms with Crippen molar-refractivity contribution in [1.82, 2.24) is 14.9 Å². The summed E-state index contributed by atoms with van der Waals surface area (Å²) in [5, 5.41) is 6.81. The Morgan fingerprint density at radius 1 is 1.05 bits per heavy atom. The number of aromatic nitrogens is 2. The van der Waals surface area contributed by atoms with Gasteiger partial charge in [0.2, 0.25) is 0 Å². The third kappa shape index (κ3) is 5.50. The summed E-state index contributed by atoms with van der Waals surface area (Å²) >= 11 is 0.